The summed E-state index contributed by atoms with van der Waals surface area (Å²) in [7, 11) is 0. The van der Waals surface area contributed by atoms with Crippen molar-refractivity contribution in [2.24, 2.45) is 5.92 Å². The number of rotatable bonds is 6. The van der Waals surface area contributed by atoms with Crippen LogP contribution in [0.2, 0.25) is 0 Å². The number of ether oxygens (including phenoxy) is 1. The molecule has 0 atom stereocenters. The molecule has 1 amide bonds. The molecule has 24 heavy (non-hydrogen) atoms. The summed E-state index contributed by atoms with van der Waals surface area (Å²) in [6, 6.07) is 19.3. The number of carbonyl (C=O) groups is 2. The molecule has 0 spiro atoms. The first-order chi connectivity index (χ1) is 11.7. The van der Waals surface area contributed by atoms with E-state index in [4.69, 9.17) is 4.74 Å². The van der Waals surface area contributed by atoms with Crippen molar-refractivity contribution in [2.75, 3.05) is 6.61 Å². The van der Waals surface area contributed by atoms with E-state index in [1.807, 2.05) is 60.7 Å². The fourth-order valence-electron chi connectivity index (χ4n) is 2.75. The fourth-order valence-corrected chi connectivity index (χ4v) is 2.75. The normalized spacial score (nSPS) is 14.0. The summed E-state index contributed by atoms with van der Waals surface area (Å²) >= 11 is 0. The quantitative estimate of drug-likeness (QED) is 0.830. The molecule has 124 valence electrons. The van der Waals surface area contributed by atoms with E-state index in [9.17, 15) is 9.59 Å². The van der Waals surface area contributed by atoms with E-state index in [1.165, 1.54) is 0 Å². The molecule has 0 aromatic heterocycles. The summed E-state index contributed by atoms with van der Waals surface area (Å²) in [5.74, 6) is -0.565. The molecule has 0 heterocycles. The fraction of sp³-hybridized carbons (Fsp3) is 0.300. The minimum Gasteiger partial charge on any atom is -0.455 e. The van der Waals surface area contributed by atoms with Crippen LogP contribution in [0.15, 0.2) is 60.7 Å². The van der Waals surface area contributed by atoms with Gasteiger partial charge in [-0.05, 0) is 24.0 Å². The van der Waals surface area contributed by atoms with E-state index >= 15 is 0 Å². The second kappa shape index (κ2) is 7.77. The molecule has 1 aliphatic carbocycles. The van der Waals surface area contributed by atoms with Crippen LogP contribution in [-0.2, 0) is 14.3 Å². The Bertz CT molecular complexity index is 641. The van der Waals surface area contributed by atoms with Crippen molar-refractivity contribution in [3.63, 3.8) is 0 Å². The number of hydrogen-bond acceptors (Lipinski definition) is 3. The molecule has 4 heteroatoms. The van der Waals surface area contributed by atoms with Crippen LogP contribution in [0.5, 0.6) is 0 Å². The molecular formula is C20H21NO3. The van der Waals surface area contributed by atoms with E-state index in [2.05, 4.69) is 5.32 Å². The topological polar surface area (TPSA) is 55.4 Å². The monoisotopic (exact) mass is 323 g/mol. The highest BCUT2D eigenvalue weighted by Crippen LogP contribution is 2.27. The Morgan fingerprint density at radius 3 is 1.96 bits per heavy atom. The Kier molecular flexibility index (Phi) is 5.26. The van der Waals surface area contributed by atoms with Gasteiger partial charge in [0.2, 0.25) is 0 Å². The second-order valence-corrected chi connectivity index (χ2v) is 6.06. The van der Waals surface area contributed by atoms with Crippen molar-refractivity contribution < 1.29 is 14.3 Å². The minimum atomic E-state index is -0.291. The van der Waals surface area contributed by atoms with E-state index in [-0.39, 0.29) is 30.4 Å². The first-order valence-electron chi connectivity index (χ1n) is 8.30. The van der Waals surface area contributed by atoms with Gasteiger partial charge in [-0.15, -0.1) is 0 Å². The van der Waals surface area contributed by atoms with Gasteiger partial charge in [0.1, 0.15) is 0 Å². The van der Waals surface area contributed by atoms with Gasteiger partial charge in [0.15, 0.2) is 6.61 Å². The molecule has 0 bridgehead atoms. The predicted molar refractivity (Wildman–Crippen MR) is 91.2 cm³/mol. The molecule has 2 aromatic rings. The zero-order valence-electron chi connectivity index (χ0n) is 13.5. The van der Waals surface area contributed by atoms with E-state index in [1.54, 1.807) is 0 Å². The van der Waals surface area contributed by atoms with Crippen LogP contribution in [0.1, 0.15) is 36.4 Å². The van der Waals surface area contributed by atoms with Crippen molar-refractivity contribution >= 4 is 11.9 Å². The molecule has 1 fully saturated rings. The van der Waals surface area contributed by atoms with Gasteiger partial charge in [-0.3, -0.25) is 9.59 Å². The highest BCUT2D eigenvalue weighted by molar-refractivity contribution is 5.82. The molecule has 0 saturated heterocycles. The number of amides is 1. The van der Waals surface area contributed by atoms with Crippen LogP contribution in [0.3, 0.4) is 0 Å². The molecule has 0 radical (unpaired) electrons. The van der Waals surface area contributed by atoms with Gasteiger partial charge in [-0.2, -0.15) is 0 Å². The third-order valence-corrected chi connectivity index (χ3v) is 4.36. The number of benzene rings is 2. The first-order valence-corrected chi connectivity index (χ1v) is 8.30. The van der Waals surface area contributed by atoms with Gasteiger partial charge in [-0.25, -0.2) is 0 Å². The van der Waals surface area contributed by atoms with E-state index in [0.717, 1.165) is 30.4 Å². The maximum atomic E-state index is 12.2. The smallest absolute Gasteiger partial charge is 0.309 e. The lowest BCUT2D eigenvalue weighted by molar-refractivity contribution is -0.155. The molecule has 1 aliphatic rings. The van der Waals surface area contributed by atoms with Crippen LogP contribution in [0.25, 0.3) is 0 Å². The Balaban J connectivity index is 1.65. The third kappa shape index (κ3) is 4.02. The van der Waals surface area contributed by atoms with Crippen LogP contribution in [-0.4, -0.2) is 18.5 Å². The number of carbonyl (C=O) groups excluding carboxylic acids is 2. The SMILES string of the molecule is O=C(COC(=O)C1CCC1)NC(c1ccccc1)c1ccccc1. The van der Waals surface area contributed by atoms with Crippen molar-refractivity contribution in [1.82, 2.24) is 5.32 Å². The van der Waals surface area contributed by atoms with Crippen molar-refractivity contribution in [3.05, 3.63) is 71.8 Å². The largest absolute Gasteiger partial charge is 0.455 e. The summed E-state index contributed by atoms with van der Waals surface area (Å²) in [6.07, 6.45) is 2.81. The summed E-state index contributed by atoms with van der Waals surface area (Å²) in [6.45, 7) is -0.231. The summed E-state index contributed by atoms with van der Waals surface area (Å²) in [5.41, 5.74) is 1.98. The Morgan fingerprint density at radius 1 is 0.958 bits per heavy atom. The van der Waals surface area contributed by atoms with E-state index < -0.39 is 0 Å². The number of esters is 1. The first kappa shape index (κ1) is 16.2. The van der Waals surface area contributed by atoms with Crippen molar-refractivity contribution in [1.29, 1.82) is 0 Å². The van der Waals surface area contributed by atoms with Gasteiger partial charge < -0.3 is 10.1 Å². The Hall–Kier alpha value is -2.62. The van der Waals surface area contributed by atoms with Crippen molar-refractivity contribution in [3.8, 4) is 0 Å². The molecule has 0 unspecified atom stereocenters. The lowest BCUT2D eigenvalue weighted by Crippen LogP contribution is -2.34. The zero-order valence-corrected chi connectivity index (χ0v) is 13.5. The Labute approximate surface area is 141 Å². The summed E-state index contributed by atoms with van der Waals surface area (Å²) in [4.78, 5) is 24.0. The van der Waals surface area contributed by atoms with Crippen LogP contribution < -0.4 is 5.32 Å². The van der Waals surface area contributed by atoms with Crippen LogP contribution in [0, 0.1) is 5.92 Å². The summed E-state index contributed by atoms with van der Waals surface area (Å²) < 4.78 is 5.13. The van der Waals surface area contributed by atoms with Gasteiger partial charge in [0.05, 0.1) is 12.0 Å². The average Bonchev–Trinajstić information content (AvgIpc) is 2.58. The highest BCUT2D eigenvalue weighted by atomic mass is 16.5. The standard InChI is InChI=1S/C20H21NO3/c22-18(14-24-20(23)17-12-7-13-17)21-19(15-8-3-1-4-9-15)16-10-5-2-6-11-16/h1-6,8-11,17,19H,7,12-14H2,(H,21,22). The molecule has 0 aliphatic heterocycles. The van der Waals surface area contributed by atoms with Gasteiger partial charge in [0.25, 0.3) is 5.91 Å². The average molecular weight is 323 g/mol. The van der Waals surface area contributed by atoms with Crippen LogP contribution >= 0.6 is 0 Å². The van der Waals surface area contributed by atoms with Gasteiger partial charge in [0, 0.05) is 0 Å². The van der Waals surface area contributed by atoms with Gasteiger partial charge >= 0.3 is 5.97 Å². The third-order valence-electron chi connectivity index (χ3n) is 4.36. The molecule has 4 nitrogen and oxygen atoms in total. The van der Waals surface area contributed by atoms with Gasteiger partial charge in [-0.1, -0.05) is 67.1 Å². The maximum absolute atomic E-state index is 12.2. The van der Waals surface area contributed by atoms with E-state index in [0.29, 0.717) is 0 Å². The second-order valence-electron chi connectivity index (χ2n) is 6.06. The molecule has 1 saturated carbocycles. The molecule has 1 N–H and O–H groups in total. The number of nitrogens with one attached hydrogen (secondary N) is 1. The lowest BCUT2D eigenvalue weighted by Gasteiger charge is -2.23. The molecular weight excluding hydrogens is 302 g/mol. The van der Waals surface area contributed by atoms with Crippen molar-refractivity contribution in [2.45, 2.75) is 25.3 Å². The number of hydrogen-bond donors (Lipinski definition) is 1. The molecule has 3 rings (SSSR count). The maximum Gasteiger partial charge on any atom is 0.309 e. The molecule has 2 aromatic carbocycles. The minimum absolute atomic E-state index is 0.0168. The lowest BCUT2D eigenvalue weighted by atomic mass is 9.86. The Morgan fingerprint density at radius 2 is 1.50 bits per heavy atom. The van der Waals surface area contributed by atoms with Crippen LogP contribution in [0.4, 0.5) is 0 Å². The summed E-state index contributed by atoms with van der Waals surface area (Å²) in [5, 5.41) is 2.96. The predicted octanol–water partition coefficient (Wildman–Crippen LogP) is 3.24. The zero-order chi connectivity index (χ0) is 16.8. The highest BCUT2D eigenvalue weighted by Gasteiger charge is 2.27.